The monoisotopic (exact) mass is 462 g/mol. The average Bonchev–Trinajstić information content (AvgIpc) is 2.67. The van der Waals surface area contributed by atoms with Crippen molar-refractivity contribution >= 4 is 21.4 Å². The molecule has 0 amide bonds. The summed E-state index contributed by atoms with van der Waals surface area (Å²) >= 11 is 6.05. The van der Waals surface area contributed by atoms with Crippen molar-refractivity contribution in [2.75, 3.05) is 12.9 Å². The number of ether oxygens (including phenoxy) is 1. The van der Waals surface area contributed by atoms with Crippen LogP contribution in [0.15, 0.2) is 64.4 Å². The van der Waals surface area contributed by atoms with Gasteiger partial charge in [-0.05, 0) is 49.7 Å². The van der Waals surface area contributed by atoms with E-state index in [9.17, 15) is 18.3 Å². The lowest BCUT2D eigenvalue weighted by molar-refractivity contribution is 0.0551. The first-order chi connectivity index (χ1) is 14.5. The Hall–Kier alpha value is -2.68. The summed E-state index contributed by atoms with van der Waals surface area (Å²) in [5.74, 6) is 0.0475. The summed E-state index contributed by atoms with van der Waals surface area (Å²) in [6, 6.07) is 12.8. The van der Waals surface area contributed by atoms with E-state index >= 15 is 0 Å². The van der Waals surface area contributed by atoms with Crippen LogP contribution in [0.1, 0.15) is 20.3 Å². The first-order valence-corrected chi connectivity index (χ1v) is 11.8. The SMILES string of the molecule is CC(C)(O)CCOc1c(-c2ccc(S(C)(=O)=O)cc2)cnn(-c2cccc(Cl)c2)c1=O. The summed E-state index contributed by atoms with van der Waals surface area (Å²) in [6.07, 6.45) is 2.91. The molecule has 0 fully saturated rings. The highest BCUT2D eigenvalue weighted by molar-refractivity contribution is 7.90. The molecule has 9 heteroatoms. The van der Waals surface area contributed by atoms with Crippen LogP contribution < -0.4 is 10.3 Å². The van der Waals surface area contributed by atoms with Crippen LogP contribution in [-0.4, -0.2) is 41.8 Å². The Morgan fingerprint density at radius 3 is 2.42 bits per heavy atom. The fraction of sp³-hybridized carbons (Fsp3) is 0.273. The molecule has 7 nitrogen and oxygen atoms in total. The average molecular weight is 463 g/mol. The largest absolute Gasteiger partial charge is 0.487 e. The molecule has 0 saturated heterocycles. The number of aromatic nitrogens is 2. The molecule has 0 spiro atoms. The highest BCUT2D eigenvalue weighted by atomic mass is 35.5. The lowest BCUT2D eigenvalue weighted by atomic mass is 10.1. The van der Waals surface area contributed by atoms with E-state index in [1.54, 1.807) is 50.2 Å². The van der Waals surface area contributed by atoms with Gasteiger partial charge in [-0.1, -0.05) is 29.8 Å². The molecule has 0 saturated carbocycles. The van der Waals surface area contributed by atoms with E-state index in [2.05, 4.69) is 5.10 Å². The molecule has 1 heterocycles. The van der Waals surface area contributed by atoms with Gasteiger partial charge < -0.3 is 9.84 Å². The molecule has 31 heavy (non-hydrogen) atoms. The molecule has 1 N–H and O–H groups in total. The van der Waals surface area contributed by atoms with Crippen molar-refractivity contribution < 1.29 is 18.3 Å². The molecule has 1 aromatic heterocycles. The zero-order valence-corrected chi connectivity index (χ0v) is 18.9. The molecular weight excluding hydrogens is 440 g/mol. The first-order valence-electron chi connectivity index (χ1n) is 9.50. The van der Waals surface area contributed by atoms with Gasteiger partial charge in [-0.3, -0.25) is 4.79 Å². The molecule has 0 unspecified atom stereocenters. The number of benzene rings is 2. The molecule has 0 bridgehead atoms. The zero-order chi connectivity index (χ0) is 22.8. The number of hydrogen-bond donors (Lipinski definition) is 1. The van der Waals surface area contributed by atoms with Crippen LogP contribution in [0.25, 0.3) is 16.8 Å². The van der Waals surface area contributed by atoms with E-state index in [-0.39, 0.29) is 17.3 Å². The molecule has 0 aliphatic carbocycles. The Labute approximate surface area is 185 Å². The van der Waals surface area contributed by atoms with E-state index in [1.165, 1.54) is 23.0 Å². The minimum Gasteiger partial charge on any atom is -0.487 e. The fourth-order valence-corrected chi connectivity index (χ4v) is 3.67. The summed E-state index contributed by atoms with van der Waals surface area (Å²) in [6.45, 7) is 3.41. The summed E-state index contributed by atoms with van der Waals surface area (Å²) in [5, 5.41) is 14.7. The summed E-state index contributed by atoms with van der Waals surface area (Å²) < 4.78 is 30.5. The second-order valence-electron chi connectivity index (χ2n) is 7.79. The van der Waals surface area contributed by atoms with Gasteiger partial charge in [0.05, 0.1) is 29.0 Å². The summed E-state index contributed by atoms with van der Waals surface area (Å²) in [5.41, 5.74) is 0.00938. The molecule has 0 aliphatic heterocycles. The molecule has 0 atom stereocenters. The van der Waals surface area contributed by atoms with Crippen LogP contribution in [-0.2, 0) is 9.84 Å². The van der Waals surface area contributed by atoms with Gasteiger partial charge in [0.2, 0.25) is 0 Å². The smallest absolute Gasteiger partial charge is 0.314 e. The summed E-state index contributed by atoms with van der Waals surface area (Å²) in [7, 11) is -3.35. The van der Waals surface area contributed by atoms with Crippen LogP contribution in [0.4, 0.5) is 0 Å². The maximum absolute atomic E-state index is 13.2. The minimum atomic E-state index is -3.35. The van der Waals surface area contributed by atoms with Gasteiger partial charge in [-0.2, -0.15) is 9.78 Å². The van der Waals surface area contributed by atoms with Crippen LogP contribution in [0.3, 0.4) is 0 Å². The molecule has 3 rings (SSSR count). The van der Waals surface area contributed by atoms with E-state index in [0.29, 0.717) is 28.3 Å². The van der Waals surface area contributed by atoms with Crippen molar-refractivity contribution in [2.45, 2.75) is 30.8 Å². The quantitative estimate of drug-likeness (QED) is 0.577. The maximum Gasteiger partial charge on any atom is 0.314 e. The van der Waals surface area contributed by atoms with Gasteiger partial charge >= 0.3 is 5.56 Å². The van der Waals surface area contributed by atoms with E-state index in [0.717, 1.165) is 6.26 Å². The molecule has 2 aromatic carbocycles. The van der Waals surface area contributed by atoms with Crippen LogP contribution in [0, 0.1) is 0 Å². The van der Waals surface area contributed by atoms with Gasteiger partial charge in [0.15, 0.2) is 15.6 Å². The number of aliphatic hydroxyl groups is 1. The third-order valence-corrected chi connectivity index (χ3v) is 5.90. The van der Waals surface area contributed by atoms with Gasteiger partial charge in [0.25, 0.3) is 0 Å². The predicted molar refractivity (Wildman–Crippen MR) is 120 cm³/mol. The van der Waals surface area contributed by atoms with Crippen LogP contribution in [0.2, 0.25) is 5.02 Å². The highest BCUT2D eigenvalue weighted by Crippen LogP contribution is 2.28. The first kappa shape index (κ1) is 23.0. The van der Waals surface area contributed by atoms with E-state index in [1.807, 2.05) is 0 Å². The van der Waals surface area contributed by atoms with Crippen molar-refractivity contribution in [1.82, 2.24) is 9.78 Å². The third-order valence-electron chi connectivity index (χ3n) is 4.54. The van der Waals surface area contributed by atoms with Gasteiger partial charge in [0.1, 0.15) is 0 Å². The molecular formula is C22H23ClN2O5S. The predicted octanol–water partition coefficient (Wildman–Crippen LogP) is 3.50. The van der Waals surface area contributed by atoms with Gasteiger partial charge in [-0.15, -0.1) is 0 Å². The van der Waals surface area contributed by atoms with E-state index < -0.39 is 21.0 Å². The minimum absolute atomic E-state index is 0.0475. The second kappa shape index (κ2) is 8.82. The van der Waals surface area contributed by atoms with Crippen molar-refractivity contribution in [2.24, 2.45) is 0 Å². The Kier molecular flexibility index (Phi) is 6.54. The zero-order valence-electron chi connectivity index (χ0n) is 17.4. The van der Waals surface area contributed by atoms with Crippen molar-refractivity contribution in [3.05, 3.63) is 70.1 Å². The normalized spacial score (nSPS) is 12.0. The summed E-state index contributed by atoms with van der Waals surface area (Å²) in [4.78, 5) is 13.4. The second-order valence-corrected chi connectivity index (χ2v) is 10.2. The topological polar surface area (TPSA) is 98.5 Å². The van der Waals surface area contributed by atoms with Crippen molar-refractivity contribution in [3.63, 3.8) is 0 Å². The van der Waals surface area contributed by atoms with Gasteiger partial charge in [0, 0.05) is 23.3 Å². The van der Waals surface area contributed by atoms with Crippen molar-refractivity contribution in [3.8, 4) is 22.6 Å². The standard InChI is InChI=1S/C22H23ClN2O5S/c1-22(2,27)11-12-30-20-19(15-7-9-18(10-8-15)31(3,28)29)14-24-25(21(20)26)17-6-4-5-16(23)13-17/h4-10,13-14,27H,11-12H2,1-3H3. The highest BCUT2D eigenvalue weighted by Gasteiger charge is 2.19. The Morgan fingerprint density at radius 2 is 1.84 bits per heavy atom. The van der Waals surface area contributed by atoms with Crippen LogP contribution in [0.5, 0.6) is 5.75 Å². The lowest BCUT2D eigenvalue weighted by Crippen LogP contribution is -2.26. The fourth-order valence-electron chi connectivity index (χ4n) is 2.86. The third kappa shape index (κ3) is 5.72. The van der Waals surface area contributed by atoms with E-state index in [4.69, 9.17) is 16.3 Å². The molecule has 3 aromatic rings. The Balaban J connectivity index is 2.09. The Morgan fingerprint density at radius 1 is 1.16 bits per heavy atom. The number of sulfone groups is 1. The Bertz CT molecular complexity index is 1250. The van der Waals surface area contributed by atoms with Crippen molar-refractivity contribution in [1.29, 1.82) is 0 Å². The van der Waals surface area contributed by atoms with Crippen LogP contribution >= 0.6 is 11.6 Å². The number of nitrogens with zero attached hydrogens (tertiary/aromatic N) is 2. The van der Waals surface area contributed by atoms with Gasteiger partial charge in [-0.25, -0.2) is 8.42 Å². The molecule has 0 aliphatic rings. The molecule has 164 valence electrons. The lowest BCUT2D eigenvalue weighted by Gasteiger charge is -2.18. The number of halogens is 1. The maximum atomic E-state index is 13.2. The molecule has 0 radical (unpaired) electrons. The number of rotatable bonds is 7. The number of hydrogen-bond acceptors (Lipinski definition) is 6.